The van der Waals surface area contributed by atoms with Crippen molar-refractivity contribution in [3.05, 3.63) is 64.3 Å². The highest BCUT2D eigenvalue weighted by molar-refractivity contribution is 7.12. The second-order valence-corrected chi connectivity index (χ2v) is 8.16. The molecule has 178 valence electrons. The molecule has 3 aromatic rings. The minimum absolute atomic E-state index is 0.0929. The predicted molar refractivity (Wildman–Crippen MR) is 129 cm³/mol. The lowest BCUT2D eigenvalue weighted by atomic mass is 10.1. The van der Waals surface area contributed by atoms with Crippen molar-refractivity contribution in [2.24, 2.45) is 5.92 Å². The molecule has 33 heavy (non-hydrogen) atoms. The molecule has 2 aromatic heterocycles. The van der Waals surface area contributed by atoms with Crippen molar-refractivity contribution in [2.45, 2.75) is 20.8 Å². The van der Waals surface area contributed by atoms with Gasteiger partial charge in [-0.25, -0.2) is 9.78 Å². The monoisotopic (exact) mass is 474 g/mol. The number of para-hydroxylation sites is 1. The summed E-state index contributed by atoms with van der Waals surface area (Å²) in [6.45, 7) is 8.93. The van der Waals surface area contributed by atoms with E-state index >= 15 is 0 Å². The van der Waals surface area contributed by atoms with Gasteiger partial charge in [0.2, 0.25) is 11.7 Å². The molecule has 1 N–H and O–H groups in total. The average Bonchev–Trinajstić information content (AvgIpc) is 3.44. The third-order valence-electron chi connectivity index (χ3n) is 4.05. The normalized spacial score (nSPS) is 10.1. The minimum atomic E-state index is -0.590. The molecule has 0 fully saturated rings. The van der Waals surface area contributed by atoms with Gasteiger partial charge in [0.25, 0.3) is 0 Å². The first-order valence-corrected chi connectivity index (χ1v) is 10.9. The number of esters is 1. The zero-order chi connectivity index (χ0) is 25.1. The van der Waals surface area contributed by atoms with Gasteiger partial charge in [-0.05, 0) is 13.0 Å². The fraction of sp³-hybridized carbons (Fsp3) is 0.333. The molecule has 0 atom stereocenters. The topological polar surface area (TPSA) is 108 Å². The van der Waals surface area contributed by atoms with Crippen LogP contribution in [0.1, 0.15) is 51.4 Å². The molecule has 0 bridgehead atoms. The Kier molecular flexibility index (Phi) is 11.3. The number of benzene rings is 1. The van der Waals surface area contributed by atoms with Gasteiger partial charge in [-0.1, -0.05) is 44.2 Å². The first kappa shape index (κ1) is 27.9. The van der Waals surface area contributed by atoms with Crippen LogP contribution in [0.15, 0.2) is 48.0 Å². The van der Waals surface area contributed by atoms with Gasteiger partial charge in [0.15, 0.2) is 10.7 Å². The van der Waals surface area contributed by atoms with Crippen LogP contribution < -0.4 is 0 Å². The van der Waals surface area contributed by atoms with Crippen LogP contribution in [0, 0.1) is 5.92 Å². The van der Waals surface area contributed by atoms with E-state index in [1.165, 1.54) is 17.1 Å². The number of hydrogen-bond acceptors (Lipinski definition) is 8. The third-order valence-corrected chi connectivity index (χ3v) is 4.89. The number of ether oxygens (including phenoxy) is 2. The molecule has 8 nitrogen and oxygen atoms in total. The molecule has 0 aliphatic rings. The Morgan fingerprint density at radius 3 is 2.27 bits per heavy atom. The largest absolute Gasteiger partial charge is 0.464 e. The summed E-state index contributed by atoms with van der Waals surface area (Å²) in [6.07, 6.45) is 1.55. The summed E-state index contributed by atoms with van der Waals surface area (Å²) in [6, 6.07) is 7.22. The number of nitrogens with zero attached hydrogens (tertiary/aromatic N) is 2. The number of carbonyl (C=O) groups is 3. The molecule has 0 aliphatic heterocycles. The molecule has 2 heterocycles. The van der Waals surface area contributed by atoms with E-state index in [0.29, 0.717) is 16.5 Å². The smallest absolute Gasteiger partial charge is 0.357 e. The van der Waals surface area contributed by atoms with Gasteiger partial charge in [-0.3, -0.25) is 14.2 Å². The van der Waals surface area contributed by atoms with E-state index < -0.39 is 5.97 Å². The Hall–Kier alpha value is -3.14. The number of methoxy groups -OCH3 is 2. The Labute approximate surface area is 197 Å². The molecule has 0 amide bonds. The highest BCUT2D eigenvalue weighted by Crippen LogP contribution is 2.26. The molecule has 0 spiro atoms. The van der Waals surface area contributed by atoms with Crippen LogP contribution in [0.4, 0.5) is 0 Å². The van der Waals surface area contributed by atoms with Gasteiger partial charge >= 0.3 is 5.97 Å². The van der Waals surface area contributed by atoms with Gasteiger partial charge in [0.1, 0.15) is 0 Å². The zero-order valence-electron chi connectivity index (χ0n) is 19.7. The minimum Gasteiger partial charge on any atom is -0.464 e. The molecule has 9 heteroatoms. The molecule has 1 aromatic carbocycles. The van der Waals surface area contributed by atoms with Crippen molar-refractivity contribution in [1.29, 1.82) is 0 Å². The van der Waals surface area contributed by atoms with E-state index in [1.807, 2.05) is 26.0 Å². The van der Waals surface area contributed by atoms with Crippen LogP contribution in [-0.4, -0.2) is 60.3 Å². The molecule has 0 aliphatic carbocycles. The van der Waals surface area contributed by atoms with Crippen LogP contribution in [0.25, 0.3) is 10.9 Å². The van der Waals surface area contributed by atoms with E-state index in [0.717, 1.165) is 16.9 Å². The number of thiazole rings is 1. The molecule has 0 radical (unpaired) electrons. The van der Waals surface area contributed by atoms with Crippen molar-refractivity contribution < 1.29 is 29.0 Å². The summed E-state index contributed by atoms with van der Waals surface area (Å²) in [5.41, 5.74) is 1.97. The molecule has 0 unspecified atom stereocenters. The number of aromatic nitrogens is 2. The van der Waals surface area contributed by atoms with Gasteiger partial charge in [-0.15, -0.1) is 11.3 Å². The van der Waals surface area contributed by atoms with E-state index in [9.17, 15) is 14.4 Å². The number of rotatable bonds is 5. The van der Waals surface area contributed by atoms with Crippen LogP contribution in [-0.2, 0) is 9.47 Å². The van der Waals surface area contributed by atoms with Gasteiger partial charge in [0, 0.05) is 37.1 Å². The maximum absolute atomic E-state index is 12.9. The molecule has 3 rings (SSSR count). The number of hydrogen-bond donors (Lipinski definition) is 1. The molecular weight excluding hydrogens is 444 g/mol. The lowest BCUT2D eigenvalue weighted by Crippen LogP contribution is -2.15. The SMILES string of the molecule is C=C(C)CO.COC.COC(=O)c1csc(C(=O)c2cn(C(=O)C(C)C)c3ccccc23)n1. The first-order chi connectivity index (χ1) is 15.6. The predicted octanol–water partition coefficient (Wildman–Crippen LogP) is 4.23. The van der Waals surface area contributed by atoms with Gasteiger partial charge < -0.3 is 14.6 Å². The second kappa shape index (κ2) is 13.4. The lowest BCUT2D eigenvalue weighted by Gasteiger charge is -2.06. The zero-order valence-corrected chi connectivity index (χ0v) is 20.6. The number of fused-ring (bicyclic) bond motifs is 1. The maximum atomic E-state index is 12.9. The van der Waals surface area contributed by atoms with Crippen molar-refractivity contribution >= 4 is 39.9 Å². The van der Waals surface area contributed by atoms with Crippen molar-refractivity contribution in [1.82, 2.24) is 9.55 Å². The maximum Gasteiger partial charge on any atom is 0.357 e. The fourth-order valence-electron chi connectivity index (χ4n) is 2.51. The van der Waals surface area contributed by atoms with Crippen LogP contribution in [0.5, 0.6) is 0 Å². The van der Waals surface area contributed by atoms with Gasteiger partial charge in [-0.2, -0.15) is 0 Å². The van der Waals surface area contributed by atoms with Crippen LogP contribution >= 0.6 is 11.3 Å². The fourth-order valence-corrected chi connectivity index (χ4v) is 3.25. The first-order valence-electron chi connectivity index (χ1n) is 10.0. The Morgan fingerprint density at radius 2 is 1.76 bits per heavy atom. The lowest BCUT2D eigenvalue weighted by molar-refractivity contribution is 0.0594. The molecule has 0 saturated heterocycles. The summed E-state index contributed by atoms with van der Waals surface area (Å²) >= 11 is 1.07. The highest BCUT2D eigenvalue weighted by Gasteiger charge is 2.23. The van der Waals surface area contributed by atoms with Crippen LogP contribution in [0.2, 0.25) is 0 Å². The summed E-state index contributed by atoms with van der Waals surface area (Å²) in [5.74, 6) is -1.21. The van der Waals surface area contributed by atoms with E-state index in [-0.39, 0.29) is 34.9 Å². The summed E-state index contributed by atoms with van der Waals surface area (Å²) in [5, 5.41) is 10.4. The Bertz CT molecular complexity index is 1110. The summed E-state index contributed by atoms with van der Waals surface area (Å²) in [7, 11) is 4.51. The standard InChI is InChI=1S/C18H16N2O4S.C4H8O.C2H6O/c1-10(2)17(22)20-8-12(11-6-4-5-7-14(11)20)15(21)16-19-13(9-25-16)18(23)24-3;1-4(2)3-5;1-3-2/h4-10H,1-3H3;5H,1,3H2,2H3;1-2H3. The van der Waals surface area contributed by atoms with Crippen molar-refractivity contribution in [2.75, 3.05) is 27.9 Å². The third kappa shape index (κ3) is 7.45. The van der Waals surface area contributed by atoms with Crippen molar-refractivity contribution in [3.63, 3.8) is 0 Å². The number of aliphatic hydroxyl groups is 1. The van der Waals surface area contributed by atoms with Crippen molar-refractivity contribution in [3.8, 4) is 0 Å². The highest BCUT2D eigenvalue weighted by atomic mass is 32.1. The van der Waals surface area contributed by atoms with E-state index in [4.69, 9.17) is 5.11 Å². The summed E-state index contributed by atoms with van der Waals surface area (Å²) < 4.78 is 10.4. The average molecular weight is 475 g/mol. The Balaban J connectivity index is 0.000000591. The number of aliphatic hydroxyl groups excluding tert-OH is 1. The molecular formula is C24H30N2O6S. The number of ketones is 1. The molecule has 0 saturated carbocycles. The Morgan fingerprint density at radius 1 is 1.18 bits per heavy atom. The van der Waals surface area contributed by atoms with E-state index in [1.54, 1.807) is 39.5 Å². The van der Waals surface area contributed by atoms with E-state index in [2.05, 4.69) is 21.0 Å². The van der Waals surface area contributed by atoms with Crippen LogP contribution in [0.3, 0.4) is 0 Å². The van der Waals surface area contributed by atoms with Gasteiger partial charge in [0.05, 0.1) is 24.8 Å². The second-order valence-electron chi connectivity index (χ2n) is 7.30. The summed E-state index contributed by atoms with van der Waals surface area (Å²) in [4.78, 5) is 40.9. The number of carbonyl (C=O) groups excluding carboxylic acids is 3. The quantitative estimate of drug-likeness (QED) is 0.335.